The Bertz CT molecular complexity index is 311. The van der Waals surface area contributed by atoms with Crippen LogP contribution in [-0.4, -0.2) is 29.6 Å². The van der Waals surface area contributed by atoms with Crippen LogP contribution in [0.4, 0.5) is 0 Å². The van der Waals surface area contributed by atoms with Crippen LogP contribution in [0.25, 0.3) is 0 Å². The molecule has 0 radical (unpaired) electrons. The van der Waals surface area contributed by atoms with E-state index in [2.05, 4.69) is 11.8 Å². The molecule has 0 aromatic carbocycles. The van der Waals surface area contributed by atoms with Crippen molar-refractivity contribution in [1.29, 1.82) is 0 Å². The van der Waals surface area contributed by atoms with Gasteiger partial charge in [0.15, 0.2) is 0 Å². The summed E-state index contributed by atoms with van der Waals surface area (Å²) < 4.78 is 0. The zero-order valence-corrected chi connectivity index (χ0v) is 13.4. The Hall–Kier alpha value is -0.0800. The molecule has 2 nitrogen and oxygen atoms in total. The normalized spacial score (nSPS) is 40.5. The third kappa shape index (κ3) is 2.66. The number of likely N-dealkylation sites (tertiary alicyclic amines) is 1. The van der Waals surface area contributed by atoms with Crippen LogP contribution < -0.4 is 5.73 Å². The third-order valence-corrected chi connectivity index (χ3v) is 6.73. The van der Waals surface area contributed by atoms with E-state index < -0.39 is 0 Å². The summed E-state index contributed by atoms with van der Waals surface area (Å²) in [4.78, 5) is 2.92. The number of hydrogen-bond donors (Lipinski definition) is 1. The molecule has 3 aliphatic rings. The van der Waals surface area contributed by atoms with Gasteiger partial charge in [-0.15, -0.1) is 0 Å². The molecule has 3 atom stereocenters. The maximum Gasteiger partial charge on any atom is 0.0337 e. The van der Waals surface area contributed by atoms with Crippen molar-refractivity contribution >= 4 is 0 Å². The molecule has 3 rings (SSSR count). The zero-order valence-electron chi connectivity index (χ0n) is 13.4. The number of nitrogens with zero attached hydrogens (tertiary/aromatic N) is 1. The predicted molar refractivity (Wildman–Crippen MR) is 85.7 cm³/mol. The van der Waals surface area contributed by atoms with Crippen LogP contribution >= 0.6 is 0 Å². The van der Waals surface area contributed by atoms with Crippen molar-refractivity contribution in [1.82, 2.24) is 4.90 Å². The Morgan fingerprint density at radius 1 is 1.05 bits per heavy atom. The Morgan fingerprint density at radius 3 is 2.55 bits per heavy atom. The number of rotatable bonds is 4. The van der Waals surface area contributed by atoms with E-state index in [0.29, 0.717) is 5.54 Å². The SMILES string of the molecule is CCC1CCCC(CN)(N2CCCC2C2CCCC2)C1. The third-order valence-electron chi connectivity index (χ3n) is 6.73. The van der Waals surface area contributed by atoms with Crippen molar-refractivity contribution in [3.05, 3.63) is 0 Å². The van der Waals surface area contributed by atoms with Gasteiger partial charge in [-0.1, -0.05) is 39.0 Å². The lowest BCUT2D eigenvalue weighted by Gasteiger charge is -2.50. The molecule has 2 saturated carbocycles. The summed E-state index contributed by atoms with van der Waals surface area (Å²) in [6, 6.07) is 0.872. The standard InChI is InChI=1S/C18H34N2/c1-2-15-7-5-11-18(13-15,14-19)20-12-6-10-17(20)16-8-3-4-9-16/h15-17H,2-14,19H2,1H3. The molecule has 2 heteroatoms. The summed E-state index contributed by atoms with van der Waals surface area (Å²) in [5, 5.41) is 0. The van der Waals surface area contributed by atoms with E-state index >= 15 is 0 Å². The van der Waals surface area contributed by atoms with Gasteiger partial charge in [-0.25, -0.2) is 0 Å². The van der Waals surface area contributed by atoms with E-state index in [1.165, 1.54) is 77.2 Å². The minimum Gasteiger partial charge on any atom is -0.329 e. The maximum absolute atomic E-state index is 6.35. The van der Waals surface area contributed by atoms with E-state index in [0.717, 1.165) is 24.4 Å². The van der Waals surface area contributed by atoms with Crippen molar-refractivity contribution in [2.24, 2.45) is 17.6 Å². The zero-order chi connectivity index (χ0) is 14.0. The Balaban J connectivity index is 1.76. The predicted octanol–water partition coefficient (Wildman–Crippen LogP) is 3.94. The van der Waals surface area contributed by atoms with Crippen molar-refractivity contribution in [3.8, 4) is 0 Å². The highest BCUT2D eigenvalue weighted by Crippen LogP contribution is 2.44. The first-order valence-electron chi connectivity index (χ1n) is 9.26. The van der Waals surface area contributed by atoms with Crippen LogP contribution in [0.15, 0.2) is 0 Å². The van der Waals surface area contributed by atoms with Crippen molar-refractivity contribution in [2.45, 2.75) is 89.1 Å². The molecular weight excluding hydrogens is 244 g/mol. The molecule has 20 heavy (non-hydrogen) atoms. The molecule has 3 fully saturated rings. The molecule has 2 aliphatic carbocycles. The van der Waals surface area contributed by atoms with E-state index in [1.807, 2.05) is 0 Å². The van der Waals surface area contributed by atoms with Crippen LogP contribution in [0.2, 0.25) is 0 Å². The van der Waals surface area contributed by atoms with Gasteiger partial charge >= 0.3 is 0 Å². The molecule has 3 unspecified atom stereocenters. The summed E-state index contributed by atoms with van der Waals surface area (Å²) in [7, 11) is 0. The largest absolute Gasteiger partial charge is 0.329 e. The van der Waals surface area contributed by atoms with Gasteiger partial charge in [0.2, 0.25) is 0 Å². The lowest BCUT2D eigenvalue weighted by Crippen LogP contribution is -2.59. The van der Waals surface area contributed by atoms with Gasteiger partial charge in [0, 0.05) is 18.1 Å². The highest BCUT2D eigenvalue weighted by Gasteiger charge is 2.46. The highest BCUT2D eigenvalue weighted by molar-refractivity contribution is 5.02. The summed E-state index contributed by atoms with van der Waals surface area (Å²) >= 11 is 0. The summed E-state index contributed by atoms with van der Waals surface area (Å²) in [6.45, 7) is 4.59. The first kappa shape index (κ1) is 14.8. The maximum atomic E-state index is 6.35. The summed E-state index contributed by atoms with van der Waals surface area (Å²) in [5.74, 6) is 1.92. The quantitative estimate of drug-likeness (QED) is 0.844. The van der Waals surface area contributed by atoms with Gasteiger partial charge in [0.05, 0.1) is 0 Å². The minimum atomic E-state index is 0.364. The molecular formula is C18H34N2. The Kier molecular flexibility index (Phi) is 4.72. The van der Waals surface area contributed by atoms with E-state index in [9.17, 15) is 0 Å². The van der Waals surface area contributed by atoms with Gasteiger partial charge < -0.3 is 5.73 Å². The second kappa shape index (κ2) is 6.36. The van der Waals surface area contributed by atoms with Crippen LogP contribution in [0.1, 0.15) is 77.6 Å². The fourth-order valence-electron chi connectivity index (χ4n) is 5.59. The lowest BCUT2D eigenvalue weighted by atomic mass is 9.73. The molecule has 0 bridgehead atoms. The van der Waals surface area contributed by atoms with Crippen molar-refractivity contribution in [3.63, 3.8) is 0 Å². The monoisotopic (exact) mass is 278 g/mol. The van der Waals surface area contributed by atoms with Crippen LogP contribution in [0, 0.1) is 11.8 Å². The van der Waals surface area contributed by atoms with E-state index in [-0.39, 0.29) is 0 Å². The average Bonchev–Trinajstić information content (AvgIpc) is 3.17. The number of hydrogen-bond acceptors (Lipinski definition) is 2. The molecule has 116 valence electrons. The molecule has 1 aliphatic heterocycles. The molecule has 1 saturated heterocycles. The van der Waals surface area contributed by atoms with Crippen LogP contribution in [-0.2, 0) is 0 Å². The van der Waals surface area contributed by atoms with E-state index in [1.54, 1.807) is 0 Å². The molecule has 0 aromatic heterocycles. The summed E-state index contributed by atoms with van der Waals surface area (Å²) in [5.41, 5.74) is 6.72. The van der Waals surface area contributed by atoms with Crippen LogP contribution in [0.5, 0.6) is 0 Å². The first-order valence-corrected chi connectivity index (χ1v) is 9.26. The molecule has 0 spiro atoms. The van der Waals surface area contributed by atoms with Gasteiger partial charge in [-0.3, -0.25) is 4.90 Å². The Labute approximate surface area is 125 Å². The number of nitrogens with two attached hydrogens (primary N) is 1. The van der Waals surface area contributed by atoms with Crippen molar-refractivity contribution in [2.75, 3.05) is 13.1 Å². The van der Waals surface area contributed by atoms with E-state index in [4.69, 9.17) is 5.73 Å². The first-order chi connectivity index (χ1) is 9.79. The highest BCUT2D eigenvalue weighted by atomic mass is 15.3. The second-order valence-corrected chi connectivity index (χ2v) is 7.75. The van der Waals surface area contributed by atoms with Crippen LogP contribution in [0.3, 0.4) is 0 Å². The van der Waals surface area contributed by atoms with Crippen molar-refractivity contribution < 1.29 is 0 Å². The minimum absolute atomic E-state index is 0.364. The second-order valence-electron chi connectivity index (χ2n) is 7.75. The van der Waals surface area contributed by atoms with Gasteiger partial charge in [0.25, 0.3) is 0 Å². The molecule has 0 amide bonds. The molecule has 0 aromatic rings. The fourth-order valence-corrected chi connectivity index (χ4v) is 5.59. The Morgan fingerprint density at radius 2 is 1.85 bits per heavy atom. The lowest BCUT2D eigenvalue weighted by molar-refractivity contribution is 0.00748. The summed E-state index contributed by atoms with van der Waals surface area (Å²) in [6.07, 6.45) is 15.7. The molecule has 2 N–H and O–H groups in total. The molecule has 1 heterocycles. The fraction of sp³-hybridized carbons (Fsp3) is 1.00. The topological polar surface area (TPSA) is 29.3 Å². The van der Waals surface area contributed by atoms with Gasteiger partial charge in [0.1, 0.15) is 0 Å². The smallest absolute Gasteiger partial charge is 0.0337 e. The van der Waals surface area contributed by atoms with Gasteiger partial charge in [-0.05, 0) is 56.9 Å². The van der Waals surface area contributed by atoms with Gasteiger partial charge in [-0.2, -0.15) is 0 Å². The average molecular weight is 278 g/mol.